The van der Waals surface area contributed by atoms with E-state index in [1.807, 2.05) is 6.07 Å². The second-order valence-electron chi connectivity index (χ2n) is 4.96. The van der Waals surface area contributed by atoms with Crippen LogP contribution in [0.4, 0.5) is 5.69 Å². The predicted molar refractivity (Wildman–Crippen MR) is 73.1 cm³/mol. The highest BCUT2D eigenvalue weighted by Gasteiger charge is 2.23. The van der Waals surface area contributed by atoms with Gasteiger partial charge in [0.25, 0.3) is 5.69 Å². The molecule has 0 unspecified atom stereocenters. The van der Waals surface area contributed by atoms with Gasteiger partial charge in [-0.15, -0.1) is 0 Å². The molecule has 1 aromatic carbocycles. The summed E-state index contributed by atoms with van der Waals surface area (Å²) in [6, 6.07) is 7.63. The van der Waals surface area contributed by atoms with Crippen LogP contribution in [0.2, 0.25) is 0 Å². The van der Waals surface area contributed by atoms with E-state index in [1.165, 1.54) is 24.3 Å². The van der Waals surface area contributed by atoms with E-state index in [1.54, 1.807) is 13.8 Å². The van der Waals surface area contributed by atoms with Crippen LogP contribution in [0, 0.1) is 26.9 Å². The lowest BCUT2D eigenvalue weighted by atomic mass is 9.97. The van der Waals surface area contributed by atoms with Crippen molar-refractivity contribution in [3.63, 3.8) is 0 Å². The maximum absolute atomic E-state index is 11.9. The van der Waals surface area contributed by atoms with Crippen LogP contribution in [0.1, 0.15) is 19.4 Å². The van der Waals surface area contributed by atoms with Crippen molar-refractivity contribution in [2.75, 3.05) is 6.54 Å². The molecule has 20 heavy (non-hydrogen) atoms. The number of nitriles is 1. The fourth-order valence-corrected chi connectivity index (χ4v) is 2.73. The third-order valence-corrected chi connectivity index (χ3v) is 3.85. The number of rotatable bonds is 6. The molecule has 1 aromatic rings. The summed E-state index contributed by atoms with van der Waals surface area (Å²) in [5.74, 6) is -0.494. The second kappa shape index (κ2) is 5.98. The molecule has 0 saturated heterocycles. The monoisotopic (exact) mass is 297 g/mol. The summed E-state index contributed by atoms with van der Waals surface area (Å²) in [6.07, 6.45) is 0. The summed E-state index contributed by atoms with van der Waals surface area (Å²) >= 11 is 0. The Morgan fingerprint density at radius 2 is 2.00 bits per heavy atom. The number of para-hydroxylation sites is 1. The molecule has 0 bridgehead atoms. The van der Waals surface area contributed by atoms with Gasteiger partial charge in [0.2, 0.25) is 10.0 Å². The SMILES string of the molecule is CC(C)(C#N)CNS(=O)(=O)Cc1ccccc1[N+](=O)[O-]. The van der Waals surface area contributed by atoms with Crippen molar-refractivity contribution in [2.24, 2.45) is 5.41 Å². The van der Waals surface area contributed by atoms with Crippen LogP contribution in [0.5, 0.6) is 0 Å². The Kier molecular flexibility index (Phi) is 4.81. The van der Waals surface area contributed by atoms with Gasteiger partial charge in [0.1, 0.15) is 0 Å². The second-order valence-corrected chi connectivity index (χ2v) is 6.77. The fraction of sp³-hybridized carbons (Fsp3) is 0.417. The third kappa shape index (κ3) is 4.60. The summed E-state index contributed by atoms with van der Waals surface area (Å²) in [4.78, 5) is 10.2. The zero-order chi connectivity index (χ0) is 15.4. The number of nitro groups is 1. The average Bonchev–Trinajstić information content (AvgIpc) is 2.37. The predicted octanol–water partition coefficient (Wildman–Crippen LogP) is 1.56. The van der Waals surface area contributed by atoms with Crippen molar-refractivity contribution in [1.29, 1.82) is 5.26 Å². The highest BCUT2D eigenvalue weighted by atomic mass is 32.2. The maximum atomic E-state index is 11.9. The van der Waals surface area contributed by atoms with E-state index in [2.05, 4.69) is 4.72 Å². The summed E-state index contributed by atoms with van der Waals surface area (Å²) in [6.45, 7) is 3.15. The first-order chi connectivity index (χ1) is 9.17. The van der Waals surface area contributed by atoms with Crippen molar-refractivity contribution in [3.8, 4) is 6.07 Å². The number of sulfonamides is 1. The topological polar surface area (TPSA) is 113 Å². The molecule has 108 valence electrons. The van der Waals surface area contributed by atoms with Crippen LogP contribution in [0.15, 0.2) is 24.3 Å². The molecule has 0 spiro atoms. The molecular formula is C12H15N3O4S. The molecule has 8 heteroatoms. The third-order valence-electron chi connectivity index (χ3n) is 2.57. The lowest BCUT2D eigenvalue weighted by molar-refractivity contribution is -0.385. The smallest absolute Gasteiger partial charge is 0.258 e. The normalized spacial score (nSPS) is 11.8. The van der Waals surface area contributed by atoms with Crippen LogP contribution < -0.4 is 4.72 Å². The van der Waals surface area contributed by atoms with Gasteiger partial charge in [-0.1, -0.05) is 18.2 Å². The molecule has 0 saturated carbocycles. The van der Waals surface area contributed by atoms with Crippen molar-refractivity contribution >= 4 is 15.7 Å². The van der Waals surface area contributed by atoms with Crippen LogP contribution >= 0.6 is 0 Å². The van der Waals surface area contributed by atoms with E-state index < -0.39 is 26.1 Å². The van der Waals surface area contributed by atoms with E-state index >= 15 is 0 Å². The summed E-state index contributed by atoms with van der Waals surface area (Å²) in [5, 5.41) is 19.6. The van der Waals surface area contributed by atoms with Crippen LogP contribution in [-0.4, -0.2) is 19.9 Å². The number of benzene rings is 1. The minimum atomic E-state index is -3.74. The first kappa shape index (κ1) is 16.1. The molecule has 0 aliphatic carbocycles. The number of nitro benzene ring substituents is 1. The Balaban J connectivity index is 2.88. The molecular weight excluding hydrogens is 282 g/mol. The highest BCUT2D eigenvalue weighted by Crippen LogP contribution is 2.20. The molecule has 0 aliphatic heterocycles. The standard InChI is InChI=1S/C12H15N3O4S/c1-12(2,8-13)9-14-20(18,19)7-10-5-3-4-6-11(10)15(16)17/h3-6,14H,7,9H2,1-2H3. The summed E-state index contributed by atoms with van der Waals surface area (Å²) < 4.78 is 26.1. The zero-order valence-corrected chi connectivity index (χ0v) is 12.0. The zero-order valence-electron chi connectivity index (χ0n) is 11.2. The Morgan fingerprint density at radius 1 is 1.40 bits per heavy atom. The van der Waals surface area contributed by atoms with Crippen LogP contribution in [0.3, 0.4) is 0 Å². The minimum Gasteiger partial charge on any atom is -0.258 e. The number of hydrogen-bond acceptors (Lipinski definition) is 5. The molecule has 0 heterocycles. The van der Waals surface area contributed by atoms with Crippen LogP contribution in [0.25, 0.3) is 0 Å². The van der Waals surface area contributed by atoms with Crippen molar-refractivity contribution in [2.45, 2.75) is 19.6 Å². The van der Waals surface area contributed by atoms with Crippen LogP contribution in [-0.2, 0) is 15.8 Å². The molecule has 1 N–H and O–H groups in total. The quantitative estimate of drug-likeness (QED) is 0.632. The van der Waals surface area contributed by atoms with Gasteiger partial charge in [0.15, 0.2) is 0 Å². The molecule has 0 radical (unpaired) electrons. The van der Waals surface area contributed by atoms with Gasteiger partial charge in [-0.3, -0.25) is 10.1 Å². The van der Waals surface area contributed by atoms with Gasteiger partial charge >= 0.3 is 0 Å². The Bertz CT molecular complexity index is 647. The Morgan fingerprint density at radius 3 is 2.55 bits per heavy atom. The highest BCUT2D eigenvalue weighted by molar-refractivity contribution is 7.88. The summed E-state index contributed by atoms with van der Waals surface area (Å²) in [5.41, 5.74) is -0.965. The maximum Gasteiger partial charge on any atom is 0.273 e. The Hall–Kier alpha value is -1.98. The van der Waals surface area contributed by atoms with Gasteiger partial charge in [-0.05, 0) is 13.8 Å². The number of nitrogens with one attached hydrogen (secondary N) is 1. The van der Waals surface area contributed by atoms with Gasteiger partial charge in [0, 0.05) is 18.2 Å². The number of hydrogen-bond donors (Lipinski definition) is 1. The fourth-order valence-electron chi connectivity index (χ4n) is 1.40. The molecule has 0 aromatic heterocycles. The van der Waals surface area contributed by atoms with E-state index in [0.717, 1.165) is 0 Å². The van der Waals surface area contributed by atoms with E-state index in [4.69, 9.17) is 5.26 Å². The lowest BCUT2D eigenvalue weighted by Gasteiger charge is -2.15. The average molecular weight is 297 g/mol. The minimum absolute atomic E-state index is 0.0491. The molecule has 7 nitrogen and oxygen atoms in total. The molecule has 0 aliphatic rings. The largest absolute Gasteiger partial charge is 0.273 e. The van der Waals surface area contributed by atoms with Gasteiger partial charge in [-0.25, -0.2) is 13.1 Å². The Labute approximate surface area is 117 Å². The van der Waals surface area contributed by atoms with E-state index in [0.29, 0.717) is 0 Å². The van der Waals surface area contributed by atoms with Gasteiger partial charge < -0.3 is 0 Å². The summed E-state index contributed by atoms with van der Waals surface area (Å²) in [7, 11) is -3.74. The van der Waals surface area contributed by atoms with E-state index in [-0.39, 0.29) is 17.8 Å². The van der Waals surface area contributed by atoms with Crippen molar-refractivity contribution in [3.05, 3.63) is 39.9 Å². The first-order valence-electron chi connectivity index (χ1n) is 5.78. The van der Waals surface area contributed by atoms with Gasteiger partial charge in [-0.2, -0.15) is 5.26 Å². The first-order valence-corrected chi connectivity index (χ1v) is 7.43. The molecule has 0 amide bonds. The van der Waals surface area contributed by atoms with Gasteiger partial charge in [0.05, 0.1) is 22.2 Å². The van der Waals surface area contributed by atoms with E-state index in [9.17, 15) is 18.5 Å². The number of nitrogens with zero attached hydrogens (tertiary/aromatic N) is 2. The molecule has 0 atom stereocenters. The molecule has 0 fully saturated rings. The van der Waals surface area contributed by atoms with Crippen molar-refractivity contribution in [1.82, 2.24) is 4.72 Å². The van der Waals surface area contributed by atoms with Crippen molar-refractivity contribution < 1.29 is 13.3 Å². The molecule has 1 rings (SSSR count). The lowest BCUT2D eigenvalue weighted by Crippen LogP contribution is -2.34.